The minimum atomic E-state index is -0.426. The van der Waals surface area contributed by atoms with Crippen molar-refractivity contribution < 1.29 is 9.53 Å². The number of ether oxygens (including phenoxy) is 1. The maximum Gasteiger partial charge on any atom is 0.410 e. The average Bonchev–Trinajstić information content (AvgIpc) is 2.13. The predicted octanol–water partition coefficient (Wildman–Crippen LogP) is 2.24. The highest BCUT2D eigenvalue weighted by atomic mass is 16.6. The van der Waals surface area contributed by atoms with Crippen molar-refractivity contribution in [2.75, 3.05) is 19.6 Å². The molecule has 1 heterocycles. The van der Waals surface area contributed by atoms with Gasteiger partial charge in [-0.2, -0.15) is 0 Å². The molecule has 0 spiro atoms. The lowest BCUT2D eigenvalue weighted by molar-refractivity contribution is -0.00361. The van der Waals surface area contributed by atoms with E-state index in [1.165, 1.54) is 0 Å². The zero-order valence-electron chi connectivity index (χ0n) is 12.0. The van der Waals surface area contributed by atoms with Gasteiger partial charge in [-0.1, -0.05) is 20.8 Å². The first kappa shape index (κ1) is 14.3. The van der Waals surface area contributed by atoms with Crippen LogP contribution in [0.15, 0.2) is 0 Å². The van der Waals surface area contributed by atoms with Gasteiger partial charge >= 0.3 is 6.09 Å². The monoisotopic (exact) mass is 242 g/mol. The Morgan fingerprint density at radius 1 is 1.24 bits per heavy atom. The van der Waals surface area contributed by atoms with Crippen molar-refractivity contribution in [3.05, 3.63) is 0 Å². The van der Waals surface area contributed by atoms with Gasteiger partial charge in [0.2, 0.25) is 0 Å². The molecule has 1 unspecified atom stereocenters. The number of carbonyl (C=O) groups excluding carboxylic acids is 1. The molecule has 0 aromatic rings. The zero-order chi connectivity index (χ0) is 13.3. The second-order valence-electron chi connectivity index (χ2n) is 6.76. The molecular formula is C13H26N2O2. The number of nitrogens with one attached hydrogen (secondary N) is 1. The van der Waals surface area contributed by atoms with Crippen LogP contribution >= 0.6 is 0 Å². The van der Waals surface area contributed by atoms with Gasteiger partial charge in [0.25, 0.3) is 0 Å². The Bertz CT molecular complexity index is 276. The zero-order valence-corrected chi connectivity index (χ0v) is 12.0. The minimum absolute atomic E-state index is 0.0598. The van der Waals surface area contributed by atoms with E-state index >= 15 is 0 Å². The highest BCUT2D eigenvalue weighted by Gasteiger charge is 2.37. The van der Waals surface area contributed by atoms with E-state index in [1.54, 1.807) is 0 Å². The van der Waals surface area contributed by atoms with Crippen molar-refractivity contribution in [3.8, 4) is 0 Å². The Hall–Kier alpha value is -0.770. The van der Waals surface area contributed by atoms with Gasteiger partial charge in [0.05, 0.1) is 6.04 Å². The third-order valence-electron chi connectivity index (χ3n) is 2.87. The summed E-state index contributed by atoms with van der Waals surface area (Å²) < 4.78 is 5.46. The Morgan fingerprint density at radius 2 is 1.82 bits per heavy atom. The summed E-state index contributed by atoms with van der Waals surface area (Å²) in [4.78, 5) is 14.0. The lowest BCUT2D eigenvalue weighted by atomic mass is 9.85. The molecule has 4 nitrogen and oxygen atoms in total. The highest BCUT2D eigenvalue weighted by Crippen LogP contribution is 2.26. The van der Waals surface area contributed by atoms with Crippen LogP contribution in [0, 0.1) is 5.41 Å². The smallest absolute Gasteiger partial charge is 0.410 e. The normalized spacial score (nSPS) is 22.5. The average molecular weight is 242 g/mol. The maximum absolute atomic E-state index is 12.1. The highest BCUT2D eigenvalue weighted by molar-refractivity contribution is 5.69. The molecule has 0 bridgehead atoms. The summed E-state index contributed by atoms with van der Waals surface area (Å²) in [6.45, 7) is 14.6. The molecule has 1 rings (SSSR count). The molecule has 1 atom stereocenters. The third-order valence-corrected chi connectivity index (χ3v) is 2.87. The fourth-order valence-corrected chi connectivity index (χ4v) is 2.02. The molecule has 1 saturated heterocycles. The Balaban J connectivity index is 2.75. The van der Waals surface area contributed by atoms with Crippen LogP contribution in [0.2, 0.25) is 0 Å². The van der Waals surface area contributed by atoms with Crippen LogP contribution in [0.5, 0.6) is 0 Å². The number of amides is 1. The summed E-state index contributed by atoms with van der Waals surface area (Å²) >= 11 is 0. The molecule has 1 fully saturated rings. The van der Waals surface area contributed by atoms with E-state index in [9.17, 15) is 4.79 Å². The van der Waals surface area contributed by atoms with Crippen LogP contribution in [0.25, 0.3) is 0 Å². The number of nitrogens with zero attached hydrogens (tertiary/aromatic N) is 1. The standard InChI is InChI=1S/C13H26N2O2/c1-12(2,3)10-9-14-7-8-15(10)11(16)17-13(4,5)6/h10,14H,7-9H2,1-6H3. The quantitative estimate of drug-likeness (QED) is 0.708. The van der Waals surface area contributed by atoms with Crippen molar-refractivity contribution in [3.63, 3.8) is 0 Å². The molecule has 0 aliphatic carbocycles. The first-order chi connectivity index (χ1) is 7.61. The number of piperazine rings is 1. The van der Waals surface area contributed by atoms with E-state index in [0.29, 0.717) is 0 Å². The van der Waals surface area contributed by atoms with Crippen LogP contribution in [-0.4, -0.2) is 42.3 Å². The molecule has 17 heavy (non-hydrogen) atoms. The fourth-order valence-electron chi connectivity index (χ4n) is 2.02. The Labute approximate surface area is 105 Å². The van der Waals surface area contributed by atoms with Crippen molar-refractivity contribution in [2.45, 2.75) is 53.2 Å². The molecule has 4 heteroatoms. The first-order valence-corrected chi connectivity index (χ1v) is 6.31. The molecule has 0 aromatic heterocycles. The van der Waals surface area contributed by atoms with Crippen LogP contribution in [0.1, 0.15) is 41.5 Å². The molecular weight excluding hydrogens is 216 g/mol. The van der Waals surface area contributed by atoms with E-state index in [4.69, 9.17) is 4.74 Å². The van der Waals surface area contributed by atoms with Gasteiger partial charge in [-0.3, -0.25) is 0 Å². The fraction of sp³-hybridized carbons (Fsp3) is 0.923. The van der Waals surface area contributed by atoms with Crippen molar-refractivity contribution in [1.82, 2.24) is 10.2 Å². The number of hydrogen-bond donors (Lipinski definition) is 1. The Morgan fingerprint density at radius 3 is 2.29 bits per heavy atom. The molecule has 1 aliphatic heterocycles. The van der Waals surface area contributed by atoms with Gasteiger partial charge in [-0.25, -0.2) is 4.79 Å². The largest absolute Gasteiger partial charge is 0.444 e. The van der Waals surface area contributed by atoms with E-state index in [1.807, 2.05) is 25.7 Å². The minimum Gasteiger partial charge on any atom is -0.444 e. The van der Waals surface area contributed by atoms with Gasteiger partial charge in [0, 0.05) is 19.6 Å². The van der Waals surface area contributed by atoms with Gasteiger partial charge in [0.15, 0.2) is 0 Å². The van der Waals surface area contributed by atoms with Crippen LogP contribution in [0.4, 0.5) is 4.79 Å². The van der Waals surface area contributed by atoms with E-state index in [2.05, 4.69) is 26.1 Å². The molecule has 1 aliphatic rings. The topological polar surface area (TPSA) is 41.6 Å². The SMILES string of the molecule is CC(C)(C)OC(=O)N1CCNCC1C(C)(C)C. The van der Waals surface area contributed by atoms with Gasteiger partial charge in [-0.05, 0) is 26.2 Å². The predicted molar refractivity (Wildman–Crippen MR) is 69.1 cm³/mol. The molecule has 0 aromatic carbocycles. The lowest BCUT2D eigenvalue weighted by Gasteiger charge is -2.43. The second kappa shape index (κ2) is 4.84. The molecule has 1 amide bonds. The van der Waals surface area contributed by atoms with E-state index < -0.39 is 5.60 Å². The molecule has 0 saturated carbocycles. The van der Waals surface area contributed by atoms with E-state index in [-0.39, 0.29) is 17.6 Å². The van der Waals surface area contributed by atoms with Gasteiger partial charge in [-0.15, -0.1) is 0 Å². The summed E-state index contributed by atoms with van der Waals surface area (Å²) in [6.07, 6.45) is -0.195. The van der Waals surface area contributed by atoms with Gasteiger partial charge in [0.1, 0.15) is 5.60 Å². The maximum atomic E-state index is 12.1. The summed E-state index contributed by atoms with van der Waals surface area (Å²) in [6, 6.07) is 0.186. The summed E-state index contributed by atoms with van der Waals surface area (Å²) in [5.41, 5.74) is -0.366. The number of rotatable bonds is 0. The molecule has 100 valence electrons. The van der Waals surface area contributed by atoms with Crippen molar-refractivity contribution in [1.29, 1.82) is 0 Å². The van der Waals surface area contributed by atoms with Gasteiger partial charge < -0.3 is 15.0 Å². The summed E-state index contributed by atoms with van der Waals surface area (Å²) in [7, 11) is 0. The summed E-state index contributed by atoms with van der Waals surface area (Å²) in [5.74, 6) is 0. The number of carbonyl (C=O) groups is 1. The van der Waals surface area contributed by atoms with Crippen molar-refractivity contribution in [2.24, 2.45) is 5.41 Å². The second-order valence-corrected chi connectivity index (χ2v) is 6.76. The molecule has 1 N–H and O–H groups in total. The molecule has 0 radical (unpaired) electrons. The van der Waals surface area contributed by atoms with Crippen LogP contribution in [-0.2, 0) is 4.74 Å². The van der Waals surface area contributed by atoms with Crippen LogP contribution < -0.4 is 5.32 Å². The number of hydrogen-bond acceptors (Lipinski definition) is 3. The Kier molecular flexibility index (Phi) is 4.07. The lowest BCUT2D eigenvalue weighted by Crippen LogP contribution is -2.59. The van der Waals surface area contributed by atoms with Crippen LogP contribution in [0.3, 0.4) is 0 Å². The van der Waals surface area contributed by atoms with Crippen molar-refractivity contribution >= 4 is 6.09 Å². The van der Waals surface area contributed by atoms with E-state index in [0.717, 1.165) is 19.6 Å². The third kappa shape index (κ3) is 4.19. The first-order valence-electron chi connectivity index (χ1n) is 6.31. The summed E-state index contributed by atoms with van der Waals surface area (Å²) in [5, 5.41) is 3.34.